The van der Waals surface area contributed by atoms with Crippen molar-refractivity contribution in [2.45, 2.75) is 25.7 Å². The zero-order valence-corrected chi connectivity index (χ0v) is 12.9. The van der Waals surface area contributed by atoms with Crippen molar-refractivity contribution in [3.63, 3.8) is 0 Å². The minimum absolute atomic E-state index is 0.0630. The van der Waals surface area contributed by atoms with Crippen LogP contribution in [-0.4, -0.2) is 11.8 Å². The van der Waals surface area contributed by atoms with Gasteiger partial charge < -0.3 is 0 Å². The van der Waals surface area contributed by atoms with Crippen LogP contribution in [-0.2, 0) is 9.59 Å². The number of rotatable bonds is 1. The summed E-state index contributed by atoms with van der Waals surface area (Å²) >= 11 is 0. The van der Waals surface area contributed by atoms with Gasteiger partial charge in [0.2, 0.25) is 11.8 Å². The van der Waals surface area contributed by atoms with Crippen LogP contribution < -0.4 is 4.90 Å². The Bertz CT molecular complexity index is 736. The van der Waals surface area contributed by atoms with Crippen LogP contribution in [0.3, 0.4) is 0 Å². The Morgan fingerprint density at radius 3 is 1.91 bits per heavy atom. The number of hydrogen-bond acceptors (Lipinski definition) is 2. The lowest BCUT2D eigenvalue weighted by atomic mass is 9.72. The fraction of sp³-hybridized carbons (Fsp3) is 0.500. The molecular weight excluding hydrogens is 286 g/mol. The van der Waals surface area contributed by atoms with E-state index in [2.05, 4.69) is 0 Å². The van der Waals surface area contributed by atoms with E-state index < -0.39 is 0 Å². The SMILES string of the molecule is O=C1[C@@H]2[C@H](C(=O)N1c1ccccc1)[C@H]1C[C@H]2C2=C1[C@H]1CC[C@H]2C1. The Hall–Kier alpha value is -1.90. The lowest BCUT2D eigenvalue weighted by Gasteiger charge is -2.29. The number of hydrogen-bond donors (Lipinski definition) is 0. The number of allylic oxidation sites excluding steroid dienone is 2. The normalized spacial score (nSPS) is 42.9. The van der Waals surface area contributed by atoms with Gasteiger partial charge in [0.05, 0.1) is 17.5 Å². The van der Waals surface area contributed by atoms with Gasteiger partial charge in [0.1, 0.15) is 0 Å². The van der Waals surface area contributed by atoms with Crippen LogP contribution in [0.5, 0.6) is 0 Å². The van der Waals surface area contributed by atoms with E-state index >= 15 is 0 Å². The average Bonchev–Trinajstić information content (AvgIpc) is 3.33. The molecule has 6 atom stereocenters. The van der Waals surface area contributed by atoms with Crippen LogP contribution in [0, 0.1) is 35.5 Å². The lowest BCUT2D eigenvalue weighted by molar-refractivity contribution is -0.123. The number of anilines is 1. The molecule has 4 bridgehead atoms. The summed E-state index contributed by atoms with van der Waals surface area (Å²) in [6.45, 7) is 0. The highest BCUT2D eigenvalue weighted by molar-refractivity contribution is 6.23. The van der Waals surface area contributed by atoms with Gasteiger partial charge in [0.15, 0.2) is 0 Å². The van der Waals surface area contributed by atoms with Gasteiger partial charge in [-0.1, -0.05) is 29.3 Å². The molecule has 3 heteroatoms. The van der Waals surface area contributed by atoms with Gasteiger partial charge >= 0.3 is 0 Å². The molecule has 1 aromatic carbocycles. The van der Waals surface area contributed by atoms with Crippen molar-refractivity contribution < 1.29 is 9.59 Å². The van der Waals surface area contributed by atoms with Crippen LogP contribution in [0.2, 0.25) is 0 Å². The maximum atomic E-state index is 13.1. The highest BCUT2D eigenvalue weighted by atomic mass is 16.2. The number of nitrogens with zero attached hydrogens (tertiary/aromatic N) is 1. The topological polar surface area (TPSA) is 37.4 Å². The molecule has 0 N–H and O–H groups in total. The summed E-state index contributed by atoms with van der Waals surface area (Å²) in [4.78, 5) is 27.6. The molecule has 6 rings (SSSR count). The second-order valence-corrected chi connectivity index (χ2v) is 7.97. The summed E-state index contributed by atoms with van der Waals surface area (Å²) in [7, 11) is 0. The van der Waals surface area contributed by atoms with Gasteiger partial charge in [-0.15, -0.1) is 0 Å². The molecule has 0 unspecified atom stereocenters. The number of amides is 2. The number of imide groups is 1. The molecular formula is C20H19NO2. The molecule has 2 amide bonds. The number of benzene rings is 1. The first-order valence-electron chi connectivity index (χ1n) is 8.92. The molecule has 3 fully saturated rings. The van der Waals surface area contributed by atoms with E-state index in [1.807, 2.05) is 30.3 Å². The van der Waals surface area contributed by atoms with Crippen LogP contribution >= 0.6 is 0 Å². The van der Waals surface area contributed by atoms with Crippen LogP contribution in [0.1, 0.15) is 25.7 Å². The molecule has 1 aliphatic heterocycles. The molecule has 1 aromatic rings. The smallest absolute Gasteiger partial charge is 0.238 e. The molecule has 5 aliphatic rings. The largest absolute Gasteiger partial charge is 0.274 e. The predicted octanol–water partition coefficient (Wildman–Crippen LogP) is 3.17. The third kappa shape index (κ3) is 1.30. The van der Waals surface area contributed by atoms with Crippen molar-refractivity contribution in [3.8, 4) is 0 Å². The fourth-order valence-electron chi connectivity index (χ4n) is 6.65. The zero-order valence-electron chi connectivity index (χ0n) is 12.9. The van der Waals surface area contributed by atoms with E-state index in [9.17, 15) is 9.59 Å². The molecule has 116 valence electrons. The summed E-state index contributed by atoms with van der Waals surface area (Å²) in [6, 6.07) is 9.48. The van der Waals surface area contributed by atoms with Crippen LogP contribution in [0.4, 0.5) is 5.69 Å². The quantitative estimate of drug-likeness (QED) is 0.454. The van der Waals surface area contributed by atoms with E-state index in [0.29, 0.717) is 11.8 Å². The van der Waals surface area contributed by atoms with Crippen molar-refractivity contribution in [1.29, 1.82) is 0 Å². The monoisotopic (exact) mass is 305 g/mol. The summed E-state index contributed by atoms with van der Waals surface area (Å²) in [6.07, 6.45) is 5.01. The van der Waals surface area contributed by atoms with Crippen molar-refractivity contribution in [2.75, 3.05) is 4.90 Å². The average molecular weight is 305 g/mol. The van der Waals surface area contributed by atoms with Crippen molar-refractivity contribution in [2.24, 2.45) is 35.5 Å². The first-order valence-corrected chi connectivity index (χ1v) is 8.92. The fourth-order valence-corrected chi connectivity index (χ4v) is 6.65. The van der Waals surface area contributed by atoms with Gasteiger partial charge in [-0.2, -0.15) is 0 Å². The number of fused-ring (bicyclic) bond motifs is 11. The number of carbonyl (C=O) groups is 2. The summed E-state index contributed by atoms with van der Waals surface area (Å²) in [5.74, 6) is 2.22. The molecule has 0 radical (unpaired) electrons. The highest BCUT2D eigenvalue weighted by Gasteiger charge is 2.67. The van der Waals surface area contributed by atoms with Gasteiger partial charge in [0.25, 0.3) is 0 Å². The molecule has 3 nitrogen and oxygen atoms in total. The van der Waals surface area contributed by atoms with Crippen molar-refractivity contribution in [3.05, 3.63) is 41.5 Å². The first-order chi connectivity index (χ1) is 11.3. The predicted molar refractivity (Wildman–Crippen MR) is 85.4 cm³/mol. The molecule has 1 saturated heterocycles. The van der Waals surface area contributed by atoms with E-state index in [0.717, 1.165) is 23.9 Å². The third-order valence-electron chi connectivity index (χ3n) is 7.23. The summed E-state index contributed by atoms with van der Waals surface area (Å²) in [5, 5.41) is 0. The van der Waals surface area contributed by atoms with E-state index in [1.165, 1.54) is 24.2 Å². The maximum Gasteiger partial charge on any atom is 0.238 e. The minimum Gasteiger partial charge on any atom is -0.274 e. The minimum atomic E-state index is -0.0641. The number of para-hydroxylation sites is 1. The summed E-state index contributed by atoms with van der Waals surface area (Å²) in [5.41, 5.74) is 4.01. The Kier molecular flexibility index (Phi) is 2.15. The second-order valence-electron chi connectivity index (χ2n) is 7.97. The second kappa shape index (κ2) is 3.95. The van der Waals surface area contributed by atoms with Crippen LogP contribution in [0.15, 0.2) is 41.5 Å². The highest BCUT2D eigenvalue weighted by Crippen LogP contribution is 2.68. The van der Waals surface area contributed by atoms with Gasteiger partial charge in [-0.05, 0) is 61.5 Å². The Morgan fingerprint density at radius 1 is 0.783 bits per heavy atom. The molecule has 2 saturated carbocycles. The van der Waals surface area contributed by atoms with Gasteiger partial charge in [0, 0.05) is 0 Å². The van der Waals surface area contributed by atoms with Crippen molar-refractivity contribution >= 4 is 17.5 Å². The van der Waals surface area contributed by atoms with Gasteiger partial charge in [-0.25, -0.2) is 0 Å². The van der Waals surface area contributed by atoms with Crippen molar-refractivity contribution in [1.82, 2.24) is 0 Å². The molecule has 1 heterocycles. The van der Waals surface area contributed by atoms with E-state index in [1.54, 1.807) is 11.1 Å². The Labute approximate surface area is 135 Å². The molecule has 4 aliphatic carbocycles. The molecule has 0 aromatic heterocycles. The Balaban J connectivity index is 1.44. The lowest BCUT2D eigenvalue weighted by Crippen LogP contribution is -2.33. The summed E-state index contributed by atoms with van der Waals surface area (Å²) < 4.78 is 0. The van der Waals surface area contributed by atoms with Gasteiger partial charge in [-0.3, -0.25) is 14.5 Å². The standard InChI is InChI=1S/C20H19NO2/c22-19-17-13-9-14(16-11-7-6-10(8-11)15(13)16)18(17)20(23)21(19)12-4-2-1-3-5-12/h1-5,10-11,13-14,17-18H,6-9H2/t10-,11-,13-,14-,17-,18+/m0/s1. The molecule has 23 heavy (non-hydrogen) atoms. The van der Waals surface area contributed by atoms with E-state index in [4.69, 9.17) is 0 Å². The third-order valence-corrected chi connectivity index (χ3v) is 7.23. The molecule has 0 spiro atoms. The zero-order chi connectivity index (χ0) is 15.3. The number of carbonyl (C=O) groups excluding carboxylic acids is 2. The van der Waals surface area contributed by atoms with E-state index in [-0.39, 0.29) is 23.7 Å². The Morgan fingerprint density at radius 2 is 1.35 bits per heavy atom. The maximum absolute atomic E-state index is 13.1. The van der Waals surface area contributed by atoms with Crippen LogP contribution in [0.25, 0.3) is 0 Å². The first kappa shape index (κ1) is 12.5.